The Bertz CT molecular complexity index is 792. The maximum Gasteiger partial charge on any atom is 0.410 e. The number of furan rings is 1. The van der Waals surface area contributed by atoms with Crippen LogP contribution in [0.5, 0.6) is 0 Å². The first-order valence-corrected chi connectivity index (χ1v) is 9.19. The average Bonchev–Trinajstić information content (AvgIpc) is 3.23. The molecule has 1 amide bonds. The van der Waals surface area contributed by atoms with E-state index in [0.29, 0.717) is 18.8 Å². The van der Waals surface area contributed by atoms with Crippen molar-refractivity contribution >= 4 is 11.7 Å². The van der Waals surface area contributed by atoms with E-state index in [0.717, 1.165) is 30.4 Å². The third-order valence-corrected chi connectivity index (χ3v) is 5.19. The summed E-state index contributed by atoms with van der Waals surface area (Å²) in [5.41, 5.74) is 0.0498. The lowest BCUT2D eigenvalue weighted by molar-refractivity contribution is -0.174. The maximum atomic E-state index is 13.6. The summed E-state index contributed by atoms with van der Waals surface area (Å²) in [5.74, 6) is 0.302. The van der Waals surface area contributed by atoms with Crippen LogP contribution in [0.1, 0.15) is 60.4 Å². The molecule has 0 unspecified atom stereocenters. The van der Waals surface area contributed by atoms with Crippen molar-refractivity contribution in [1.82, 2.24) is 14.7 Å². The van der Waals surface area contributed by atoms with Crippen molar-refractivity contribution in [2.75, 3.05) is 18.4 Å². The molecule has 2 aromatic heterocycles. The average molecular weight is 382 g/mol. The molecule has 27 heavy (non-hydrogen) atoms. The highest BCUT2D eigenvalue weighted by atomic mass is 19.4. The van der Waals surface area contributed by atoms with Crippen molar-refractivity contribution in [3.05, 3.63) is 35.9 Å². The molecule has 1 saturated heterocycles. The van der Waals surface area contributed by atoms with Gasteiger partial charge in [0.15, 0.2) is 11.7 Å². The number of carbonyl (C=O) groups is 1. The molecule has 2 aliphatic rings. The van der Waals surface area contributed by atoms with Crippen LogP contribution in [0.4, 0.5) is 19.0 Å². The SMILES string of the molecule is O=C(c1cc2n(n1)[C@H](C(F)(F)F)C[C@@H](c1ccco1)N2)N1CCCCCC1. The number of rotatable bonds is 2. The number of hydrogen-bond acceptors (Lipinski definition) is 4. The number of halogens is 3. The van der Waals surface area contributed by atoms with Crippen molar-refractivity contribution in [2.45, 2.75) is 50.4 Å². The third-order valence-electron chi connectivity index (χ3n) is 5.19. The molecule has 0 radical (unpaired) electrons. The third kappa shape index (κ3) is 3.54. The van der Waals surface area contributed by atoms with E-state index < -0.39 is 18.3 Å². The summed E-state index contributed by atoms with van der Waals surface area (Å²) in [7, 11) is 0. The normalized spacial score (nSPS) is 23.4. The number of nitrogens with one attached hydrogen (secondary N) is 1. The molecule has 2 aliphatic heterocycles. The van der Waals surface area contributed by atoms with Gasteiger partial charge in [0.1, 0.15) is 11.6 Å². The van der Waals surface area contributed by atoms with Gasteiger partial charge in [-0.3, -0.25) is 4.79 Å². The fourth-order valence-corrected chi connectivity index (χ4v) is 3.79. The Balaban J connectivity index is 1.64. The van der Waals surface area contributed by atoms with Crippen LogP contribution in [-0.2, 0) is 0 Å². The summed E-state index contributed by atoms with van der Waals surface area (Å²) < 4.78 is 47.1. The molecule has 6 nitrogen and oxygen atoms in total. The minimum absolute atomic E-state index is 0.0498. The number of anilines is 1. The van der Waals surface area contributed by atoms with E-state index >= 15 is 0 Å². The van der Waals surface area contributed by atoms with Gasteiger partial charge >= 0.3 is 6.18 Å². The van der Waals surface area contributed by atoms with Gasteiger partial charge in [0, 0.05) is 25.6 Å². The first kappa shape index (κ1) is 17.9. The van der Waals surface area contributed by atoms with Crippen LogP contribution < -0.4 is 5.32 Å². The Morgan fingerprint density at radius 3 is 2.59 bits per heavy atom. The Morgan fingerprint density at radius 1 is 1.22 bits per heavy atom. The Kier molecular flexibility index (Phi) is 4.61. The second-order valence-electron chi connectivity index (χ2n) is 7.07. The molecule has 0 bridgehead atoms. The first-order valence-electron chi connectivity index (χ1n) is 9.19. The van der Waals surface area contributed by atoms with Gasteiger partial charge in [0.2, 0.25) is 0 Å². The van der Waals surface area contributed by atoms with E-state index in [1.807, 2.05) is 0 Å². The van der Waals surface area contributed by atoms with Crippen LogP contribution in [-0.4, -0.2) is 39.9 Å². The molecule has 0 aliphatic carbocycles. The Morgan fingerprint density at radius 2 is 1.96 bits per heavy atom. The van der Waals surface area contributed by atoms with Gasteiger partial charge in [-0.25, -0.2) is 4.68 Å². The highest BCUT2D eigenvalue weighted by Gasteiger charge is 2.47. The highest BCUT2D eigenvalue weighted by molar-refractivity contribution is 5.93. The summed E-state index contributed by atoms with van der Waals surface area (Å²) in [6, 6.07) is 2.26. The van der Waals surface area contributed by atoms with E-state index in [1.165, 1.54) is 12.3 Å². The molecular weight excluding hydrogens is 361 g/mol. The summed E-state index contributed by atoms with van der Waals surface area (Å²) in [5, 5.41) is 7.06. The standard InChI is InChI=1S/C18H21F3N4O2/c19-18(20,21)15-10-12(14-6-5-9-27-14)22-16-11-13(23-25(15)16)17(26)24-7-3-1-2-4-8-24/h5-6,9,11-12,15,22H,1-4,7-8,10H2/t12-,15-/m0/s1. The number of fused-ring (bicyclic) bond motifs is 1. The van der Waals surface area contributed by atoms with E-state index in [9.17, 15) is 18.0 Å². The van der Waals surface area contributed by atoms with E-state index in [-0.39, 0.29) is 23.8 Å². The molecule has 1 N–H and O–H groups in total. The Labute approximate surface area is 154 Å². The molecule has 1 fully saturated rings. The van der Waals surface area contributed by atoms with E-state index in [4.69, 9.17) is 4.42 Å². The lowest BCUT2D eigenvalue weighted by Crippen LogP contribution is -2.36. The lowest BCUT2D eigenvalue weighted by Gasteiger charge is -2.32. The Hall–Kier alpha value is -2.45. The molecule has 2 atom stereocenters. The maximum absolute atomic E-state index is 13.6. The van der Waals surface area contributed by atoms with Crippen LogP contribution in [0.15, 0.2) is 28.9 Å². The van der Waals surface area contributed by atoms with E-state index in [1.54, 1.807) is 17.0 Å². The topological polar surface area (TPSA) is 63.3 Å². The number of amides is 1. The second kappa shape index (κ2) is 6.94. The second-order valence-corrected chi connectivity index (χ2v) is 7.07. The largest absolute Gasteiger partial charge is 0.467 e. The number of carbonyl (C=O) groups excluding carboxylic acids is 1. The lowest BCUT2D eigenvalue weighted by atomic mass is 10.0. The zero-order valence-electron chi connectivity index (χ0n) is 14.7. The summed E-state index contributed by atoms with van der Waals surface area (Å²) in [4.78, 5) is 14.4. The molecule has 9 heteroatoms. The smallest absolute Gasteiger partial charge is 0.410 e. The van der Waals surface area contributed by atoms with Crippen molar-refractivity contribution < 1.29 is 22.4 Å². The number of hydrogen-bond donors (Lipinski definition) is 1. The van der Waals surface area contributed by atoms with Gasteiger partial charge in [-0.05, 0) is 25.0 Å². The predicted octanol–water partition coefficient (Wildman–Crippen LogP) is 4.15. The van der Waals surface area contributed by atoms with Crippen LogP contribution >= 0.6 is 0 Å². The van der Waals surface area contributed by atoms with Crippen LogP contribution in [0.2, 0.25) is 0 Å². The van der Waals surface area contributed by atoms with Gasteiger partial charge in [-0.1, -0.05) is 12.8 Å². The molecule has 0 aromatic carbocycles. The fraction of sp³-hybridized carbons (Fsp3) is 0.556. The van der Waals surface area contributed by atoms with Crippen LogP contribution in [0.25, 0.3) is 0 Å². The van der Waals surface area contributed by atoms with Gasteiger partial charge in [0.05, 0.1) is 12.3 Å². The summed E-state index contributed by atoms with van der Waals surface area (Å²) >= 11 is 0. The zero-order valence-corrected chi connectivity index (χ0v) is 14.7. The summed E-state index contributed by atoms with van der Waals surface area (Å²) in [6.07, 6.45) is 0.643. The van der Waals surface area contributed by atoms with Crippen molar-refractivity contribution in [2.24, 2.45) is 0 Å². The molecule has 146 valence electrons. The monoisotopic (exact) mass is 382 g/mol. The van der Waals surface area contributed by atoms with Gasteiger partial charge in [-0.15, -0.1) is 0 Å². The minimum atomic E-state index is -4.48. The molecule has 4 rings (SSSR count). The quantitative estimate of drug-likeness (QED) is 0.848. The fourth-order valence-electron chi connectivity index (χ4n) is 3.79. The zero-order chi connectivity index (χ0) is 19.0. The van der Waals surface area contributed by atoms with Gasteiger partial charge in [0.25, 0.3) is 5.91 Å². The van der Waals surface area contributed by atoms with Gasteiger partial charge in [-0.2, -0.15) is 18.3 Å². The predicted molar refractivity (Wildman–Crippen MR) is 91.4 cm³/mol. The molecule has 2 aromatic rings. The first-order chi connectivity index (χ1) is 12.9. The van der Waals surface area contributed by atoms with Crippen molar-refractivity contribution in [3.63, 3.8) is 0 Å². The van der Waals surface area contributed by atoms with Crippen molar-refractivity contribution in [1.29, 1.82) is 0 Å². The summed E-state index contributed by atoms with van der Waals surface area (Å²) in [6.45, 7) is 1.23. The number of nitrogens with zero attached hydrogens (tertiary/aromatic N) is 3. The van der Waals surface area contributed by atoms with Crippen molar-refractivity contribution in [3.8, 4) is 0 Å². The highest BCUT2D eigenvalue weighted by Crippen LogP contribution is 2.43. The minimum Gasteiger partial charge on any atom is -0.467 e. The molecule has 0 saturated carbocycles. The number of likely N-dealkylation sites (tertiary alicyclic amines) is 1. The number of alkyl halides is 3. The van der Waals surface area contributed by atoms with E-state index in [2.05, 4.69) is 10.4 Å². The van der Waals surface area contributed by atoms with Crippen LogP contribution in [0.3, 0.4) is 0 Å². The molecular formula is C18H21F3N4O2. The number of aromatic nitrogens is 2. The molecule has 4 heterocycles. The molecule has 0 spiro atoms. The van der Waals surface area contributed by atoms with Crippen LogP contribution in [0, 0.1) is 0 Å². The van der Waals surface area contributed by atoms with Gasteiger partial charge < -0.3 is 14.6 Å².